The van der Waals surface area contributed by atoms with Crippen LogP contribution >= 0.6 is 0 Å². The summed E-state index contributed by atoms with van der Waals surface area (Å²) in [7, 11) is -3.71. The van der Waals surface area contributed by atoms with Gasteiger partial charge in [0.05, 0.1) is 28.5 Å². The van der Waals surface area contributed by atoms with Crippen molar-refractivity contribution < 1.29 is 17.2 Å². The zero-order valence-electron chi connectivity index (χ0n) is 13.6. The normalized spacial score (nSPS) is 11.6. The van der Waals surface area contributed by atoms with E-state index in [-0.39, 0.29) is 15.7 Å². The van der Waals surface area contributed by atoms with Crippen LogP contribution in [0.5, 0.6) is 0 Å². The molecule has 0 saturated heterocycles. The van der Waals surface area contributed by atoms with Crippen LogP contribution in [-0.4, -0.2) is 23.4 Å². The van der Waals surface area contributed by atoms with Crippen LogP contribution in [0.1, 0.15) is 0 Å². The van der Waals surface area contributed by atoms with Gasteiger partial charge in [0.2, 0.25) is 15.8 Å². The summed E-state index contributed by atoms with van der Waals surface area (Å²) in [5.74, 6) is -1.81. The average molecular weight is 386 g/mol. The third-order valence-corrected chi connectivity index (χ3v) is 5.69. The Balaban J connectivity index is 1.63. The smallest absolute Gasteiger partial charge is 0.227 e. The molecule has 0 unspecified atom stereocenters. The minimum absolute atomic E-state index is 0.0497. The van der Waals surface area contributed by atoms with Gasteiger partial charge in [-0.3, -0.25) is 0 Å². The van der Waals surface area contributed by atoms with Gasteiger partial charge in [0, 0.05) is 17.6 Å². The zero-order chi connectivity index (χ0) is 19.0. The summed E-state index contributed by atoms with van der Waals surface area (Å²) in [6.07, 6.45) is 3.89. The van der Waals surface area contributed by atoms with Gasteiger partial charge in [-0.25, -0.2) is 27.2 Å². The Bertz CT molecular complexity index is 1220. The van der Waals surface area contributed by atoms with Crippen molar-refractivity contribution in [3.63, 3.8) is 0 Å². The monoisotopic (exact) mass is 386 g/mol. The number of nitrogens with zero attached hydrogens (tertiary/aromatic N) is 2. The van der Waals surface area contributed by atoms with Crippen LogP contribution in [0, 0.1) is 11.6 Å². The fraction of sp³-hybridized carbons (Fsp3) is 0. The molecule has 0 saturated carbocycles. The van der Waals surface area contributed by atoms with Crippen LogP contribution in [-0.2, 0) is 9.84 Å². The van der Waals surface area contributed by atoms with E-state index in [0.717, 1.165) is 12.1 Å². The fourth-order valence-corrected chi connectivity index (χ4v) is 3.77. The molecule has 0 amide bonds. The molecule has 0 spiro atoms. The van der Waals surface area contributed by atoms with E-state index in [1.54, 1.807) is 18.2 Å². The zero-order valence-corrected chi connectivity index (χ0v) is 14.5. The summed E-state index contributed by atoms with van der Waals surface area (Å²) >= 11 is 0. The van der Waals surface area contributed by atoms with Gasteiger partial charge in [-0.15, -0.1) is 0 Å². The fourth-order valence-electron chi connectivity index (χ4n) is 2.60. The van der Waals surface area contributed by atoms with Gasteiger partial charge in [0.25, 0.3) is 0 Å². The Labute approximate surface area is 152 Å². The van der Waals surface area contributed by atoms with Crippen molar-refractivity contribution in [2.24, 2.45) is 0 Å². The molecule has 0 aliphatic heterocycles. The average Bonchev–Trinajstić information content (AvgIpc) is 3.05. The van der Waals surface area contributed by atoms with Crippen molar-refractivity contribution in [2.45, 2.75) is 9.79 Å². The van der Waals surface area contributed by atoms with Gasteiger partial charge in [0.1, 0.15) is 4.90 Å². The van der Waals surface area contributed by atoms with E-state index in [9.17, 15) is 17.2 Å². The largest absolute Gasteiger partial charge is 0.359 e. The lowest BCUT2D eigenvalue weighted by molar-refractivity contribution is 0.511. The lowest BCUT2D eigenvalue weighted by Crippen LogP contribution is -2.04. The molecule has 27 heavy (non-hydrogen) atoms. The first-order chi connectivity index (χ1) is 12.9. The highest BCUT2D eigenvalue weighted by Gasteiger charge is 2.18. The summed E-state index contributed by atoms with van der Waals surface area (Å²) in [5.41, 5.74) is 0.835. The van der Waals surface area contributed by atoms with Crippen molar-refractivity contribution >= 4 is 32.4 Å². The predicted molar refractivity (Wildman–Crippen MR) is 95.4 cm³/mol. The summed E-state index contributed by atoms with van der Waals surface area (Å²) in [4.78, 5) is 10.9. The number of halogens is 2. The van der Waals surface area contributed by atoms with E-state index >= 15 is 0 Å². The molecule has 0 radical (unpaired) electrons. The van der Waals surface area contributed by atoms with Gasteiger partial charge < -0.3 is 10.3 Å². The first-order valence-electron chi connectivity index (χ1n) is 7.80. The number of anilines is 2. The number of nitrogens with one attached hydrogen (secondary N) is 2. The molecule has 2 N–H and O–H groups in total. The molecule has 0 fully saturated rings. The van der Waals surface area contributed by atoms with E-state index in [4.69, 9.17) is 0 Å². The second-order valence-corrected chi connectivity index (χ2v) is 7.65. The molecule has 0 aliphatic rings. The summed E-state index contributed by atoms with van der Waals surface area (Å²) in [5, 5.41) is 3.27. The lowest BCUT2D eigenvalue weighted by atomic mass is 10.2. The van der Waals surface area contributed by atoms with Crippen LogP contribution < -0.4 is 5.32 Å². The summed E-state index contributed by atoms with van der Waals surface area (Å²) < 4.78 is 51.8. The number of H-pyrrole nitrogens is 1. The first-order valence-corrected chi connectivity index (χ1v) is 9.29. The number of rotatable bonds is 4. The second-order valence-electron chi connectivity index (χ2n) is 5.70. The molecule has 9 heteroatoms. The van der Waals surface area contributed by atoms with Gasteiger partial charge in [-0.05, 0) is 18.2 Å². The van der Waals surface area contributed by atoms with E-state index in [1.165, 1.54) is 30.7 Å². The second kappa shape index (κ2) is 6.44. The van der Waals surface area contributed by atoms with E-state index in [0.29, 0.717) is 16.6 Å². The maximum atomic E-state index is 13.5. The Morgan fingerprint density at radius 2 is 1.59 bits per heavy atom. The number of aromatic nitrogens is 3. The van der Waals surface area contributed by atoms with Gasteiger partial charge in [0.15, 0.2) is 11.6 Å². The number of aromatic amines is 1. The van der Waals surface area contributed by atoms with E-state index in [1.807, 2.05) is 0 Å². The van der Waals surface area contributed by atoms with Gasteiger partial charge in [-0.2, -0.15) is 0 Å². The van der Waals surface area contributed by atoms with Crippen molar-refractivity contribution in [3.05, 3.63) is 72.7 Å². The minimum Gasteiger partial charge on any atom is -0.359 e. The standard InChI is InChI=1S/C18H12F2N4O2S/c19-14-6-13-16(7-15(14)20)21-10-17(13)24-18-22-8-12(9-23-18)27(25,26)11-4-2-1-3-5-11/h1-10,21H,(H,22,23,24). The van der Waals surface area contributed by atoms with Crippen LogP contribution in [0.2, 0.25) is 0 Å². The number of fused-ring (bicyclic) bond motifs is 1. The Morgan fingerprint density at radius 1 is 0.926 bits per heavy atom. The van der Waals surface area contributed by atoms with Crippen molar-refractivity contribution in [1.82, 2.24) is 15.0 Å². The summed E-state index contributed by atoms with van der Waals surface area (Å²) in [6.45, 7) is 0. The molecule has 2 aromatic heterocycles. The maximum Gasteiger partial charge on any atom is 0.227 e. The van der Waals surface area contributed by atoms with Crippen LogP contribution in [0.25, 0.3) is 10.9 Å². The quantitative estimate of drug-likeness (QED) is 0.557. The minimum atomic E-state index is -3.71. The third-order valence-electron chi connectivity index (χ3n) is 3.96. The Kier molecular flexibility index (Phi) is 4.08. The number of hydrogen-bond donors (Lipinski definition) is 2. The molecule has 0 aliphatic carbocycles. The molecule has 0 atom stereocenters. The molecule has 6 nitrogen and oxygen atoms in total. The molecule has 4 rings (SSSR count). The Hall–Kier alpha value is -3.33. The van der Waals surface area contributed by atoms with E-state index < -0.39 is 21.5 Å². The van der Waals surface area contributed by atoms with Crippen LogP contribution in [0.4, 0.5) is 20.4 Å². The molecule has 2 heterocycles. The highest BCUT2D eigenvalue weighted by molar-refractivity contribution is 7.91. The number of benzene rings is 2. The van der Waals surface area contributed by atoms with Gasteiger partial charge in [-0.1, -0.05) is 18.2 Å². The van der Waals surface area contributed by atoms with Crippen molar-refractivity contribution in [3.8, 4) is 0 Å². The third kappa shape index (κ3) is 3.13. The first kappa shape index (κ1) is 17.1. The molecule has 0 bridgehead atoms. The highest BCUT2D eigenvalue weighted by atomic mass is 32.2. The molecule has 136 valence electrons. The molecule has 4 aromatic rings. The summed E-state index contributed by atoms with van der Waals surface area (Å²) in [6, 6.07) is 10.1. The predicted octanol–water partition coefficient (Wildman–Crippen LogP) is 3.81. The van der Waals surface area contributed by atoms with Crippen molar-refractivity contribution in [1.29, 1.82) is 0 Å². The highest BCUT2D eigenvalue weighted by Crippen LogP contribution is 2.27. The number of sulfone groups is 1. The molecular weight excluding hydrogens is 374 g/mol. The topological polar surface area (TPSA) is 87.7 Å². The Morgan fingerprint density at radius 3 is 2.30 bits per heavy atom. The van der Waals surface area contributed by atoms with Crippen LogP contribution in [0.15, 0.2) is 70.8 Å². The van der Waals surface area contributed by atoms with Gasteiger partial charge >= 0.3 is 0 Å². The molecule has 2 aromatic carbocycles. The molecular formula is C18H12F2N4O2S. The van der Waals surface area contributed by atoms with E-state index in [2.05, 4.69) is 20.3 Å². The van der Waals surface area contributed by atoms with Crippen LogP contribution in [0.3, 0.4) is 0 Å². The number of hydrogen-bond acceptors (Lipinski definition) is 5. The maximum absolute atomic E-state index is 13.5. The van der Waals surface area contributed by atoms with Crippen molar-refractivity contribution in [2.75, 3.05) is 5.32 Å². The SMILES string of the molecule is O=S(=O)(c1ccccc1)c1cnc(Nc2c[nH]c3cc(F)c(F)cc23)nc1. The lowest BCUT2D eigenvalue weighted by Gasteiger charge is -2.06.